The number of nitrogens with one attached hydrogen (secondary N) is 1. The van der Waals surface area contributed by atoms with Crippen LogP contribution in [0.15, 0.2) is 43.0 Å². The summed E-state index contributed by atoms with van der Waals surface area (Å²) in [6.07, 6.45) is 9.29. The number of nitrogens with zero attached hydrogens (tertiary/aromatic N) is 8. The van der Waals surface area contributed by atoms with Gasteiger partial charge >= 0.3 is 6.09 Å². The van der Waals surface area contributed by atoms with Gasteiger partial charge in [0.1, 0.15) is 24.4 Å². The van der Waals surface area contributed by atoms with Gasteiger partial charge in [0.25, 0.3) is 0 Å². The molecule has 1 aliphatic carbocycles. The van der Waals surface area contributed by atoms with Crippen molar-refractivity contribution < 1.29 is 27.4 Å². The average Bonchev–Trinajstić information content (AvgIpc) is 3.37. The second-order valence-electron chi connectivity index (χ2n) is 11.4. The quantitative estimate of drug-likeness (QED) is 0.281. The lowest BCUT2D eigenvalue weighted by Gasteiger charge is -2.31. The van der Waals surface area contributed by atoms with Gasteiger partial charge in [-0.1, -0.05) is 0 Å². The van der Waals surface area contributed by atoms with Crippen LogP contribution in [0, 0.1) is 6.92 Å². The van der Waals surface area contributed by atoms with Crippen LogP contribution in [0.25, 0.3) is 10.9 Å². The molecule has 15 nitrogen and oxygen atoms in total. The third-order valence-corrected chi connectivity index (χ3v) is 9.22. The van der Waals surface area contributed by atoms with E-state index in [-0.39, 0.29) is 24.4 Å². The number of pyridine rings is 2. The molecule has 0 spiro atoms. The van der Waals surface area contributed by atoms with Gasteiger partial charge in [-0.05, 0) is 44.7 Å². The molecule has 2 aliphatic rings. The summed E-state index contributed by atoms with van der Waals surface area (Å²) in [5.74, 6) is 2.34. The molecule has 16 heteroatoms. The highest BCUT2D eigenvalue weighted by molar-refractivity contribution is 7.92. The van der Waals surface area contributed by atoms with Crippen LogP contribution >= 0.6 is 0 Å². The Balaban J connectivity index is 1.27. The molecule has 1 saturated heterocycles. The number of ether oxygens (including phenoxy) is 3. The SMILES string of the molecule is Cc1ncc(COC(=O)N(c2cnc3cc(N4CCOCC4)nc(OC4CCC(Nc5ncccn5)CC4)c3c2)S(C)(=O)=O)n1C. The molecule has 6 rings (SSSR count). The van der Waals surface area contributed by atoms with Gasteiger partial charge in [-0.3, -0.25) is 4.98 Å². The fourth-order valence-electron chi connectivity index (χ4n) is 5.57. The van der Waals surface area contributed by atoms with Crippen molar-refractivity contribution in [3.05, 3.63) is 54.5 Å². The first-order valence-corrected chi connectivity index (χ1v) is 17.0. The summed E-state index contributed by atoms with van der Waals surface area (Å²) in [5, 5.41) is 3.87. The molecule has 0 unspecified atom stereocenters. The highest BCUT2D eigenvalue weighted by Gasteiger charge is 2.30. The summed E-state index contributed by atoms with van der Waals surface area (Å²) >= 11 is 0. The van der Waals surface area contributed by atoms with Gasteiger partial charge in [-0.15, -0.1) is 0 Å². The number of carbonyl (C=O) groups excluding carboxylic acids is 1. The van der Waals surface area contributed by atoms with Crippen molar-refractivity contribution in [2.75, 3.05) is 47.1 Å². The van der Waals surface area contributed by atoms with E-state index in [1.165, 1.54) is 6.20 Å². The summed E-state index contributed by atoms with van der Waals surface area (Å²) in [4.78, 5) is 37.5. The molecule has 0 bridgehead atoms. The molecule has 1 N–H and O–H groups in total. The highest BCUT2D eigenvalue weighted by Crippen LogP contribution is 2.34. The zero-order valence-electron chi connectivity index (χ0n) is 26.0. The first kappa shape index (κ1) is 31.4. The van der Waals surface area contributed by atoms with Crippen molar-refractivity contribution >= 4 is 44.5 Å². The van der Waals surface area contributed by atoms with E-state index in [0.717, 1.165) is 37.8 Å². The summed E-state index contributed by atoms with van der Waals surface area (Å²) in [6, 6.07) is 5.39. The maximum atomic E-state index is 13.2. The second-order valence-corrected chi connectivity index (χ2v) is 13.2. The Hall–Kier alpha value is -4.57. The van der Waals surface area contributed by atoms with Gasteiger partial charge in [0.05, 0.1) is 54.1 Å². The molecule has 1 amide bonds. The van der Waals surface area contributed by atoms with E-state index in [0.29, 0.717) is 64.9 Å². The molecule has 1 aliphatic heterocycles. The number of aryl methyl sites for hydroxylation is 1. The number of aromatic nitrogens is 6. The first-order valence-electron chi connectivity index (χ1n) is 15.1. The van der Waals surface area contributed by atoms with Crippen LogP contribution in [0.5, 0.6) is 5.88 Å². The fourth-order valence-corrected chi connectivity index (χ4v) is 6.38. The Labute approximate surface area is 267 Å². The lowest BCUT2D eigenvalue weighted by molar-refractivity contribution is 0.122. The summed E-state index contributed by atoms with van der Waals surface area (Å²) in [6.45, 7) is 4.14. The van der Waals surface area contributed by atoms with Gasteiger partial charge in [0, 0.05) is 44.6 Å². The number of amides is 1. The van der Waals surface area contributed by atoms with Gasteiger partial charge in [-0.25, -0.2) is 28.2 Å². The number of hydrogen-bond acceptors (Lipinski definition) is 13. The molecule has 1 saturated carbocycles. The minimum Gasteiger partial charge on any atom is -0.474 e. The second kappa shape index (κ2) is 13.4. The van der Waals surface area contributed by atoms with Crippen molar-refractivity contribution in [2.45, 2.75) is 51.4 Å². The Morgan fingerprint density at radius 2 is 1.80 bits per heavy atom. The van der Waals surface area contributed by atoms with Gasteiger partial charge in [0.15, 0.2) is 0 Å². The number of fused-ring (bicyclic) bond motifs is 1. The van der Waals surface area contributed by atoms with Crippen LogP contribution in [0.4, 0.5) is 22.2 Å². The largest absolute Gasteiger partial charge is 0.474 e. The lowest BCUT2D eigenvalue weighted by Crippen LogP contribution is -2.37. The van der Waals surface area contributed by atoms with Crippen LogP contribution in [-0.4, -0.2) is 88.7 Å². The van der Waals surface area contributed by atoms with Crippen LogP contribution in [0.1, 0.15) is 37.2 Å². The molecule has 4 aromatic rings. The smallest absolute Gasteiger partial charge is 0.428 e. The van der Waals surface area contributed by atoms with Crippen molar-refractivity contribution in [1.29, 1.82) is 0 Å². The number of morpholine rings is 1. The maximum absolute atomic E-state index is 13.2. The lowest BCUT2D eigenvalue weighted by atomic mass is 9.93. The summed E-state index contributed by atoms with van der Waals surface area (Å²) in [7, 11) is -2.31. The monoisotopic (exact) mass is 651 g/mol. The normalized spacial score (nSPS) is 18.7. The fraction of sp³-hybridized carbons (Fsp3) is 0.467. The predicted octanol–water partition coefficient (Wildman–Crippen LogP) is 3.20. The predicted molar refractivity (Wildman–Crippen MR) is 170 cm³/mol. The molecule has 4 aromatic heterocycles. The van der Waals surface area contributed by atoms with Gasteiger partial charge in [-0.2, -0.15) is 9.29 Å². The van der Waals surface area contributed by atoms with Crippen molar-refractivity contribution in [3.8, 4) is 5.88 Å². The van der Waals surface area contributed by atoms with Crippen LogP contribution in [-0.2, 0) is 33.2 Å². The van der Waals surface area contributed by atoms with Crippen molar-refractivity contribution in [1.82, 2.24) is 29.5 Å². The number of imidazole rings is 1. The van der Waals surface area contributed by atoms with Crippen LogP contribution in [0.3, 0.4) is 0 Å². The third kappa shape index (κ3) is 7.12. The molecule has 5 heterocycles. The zero-order chi connectivity index (χ0) is 32.3. The molecule has 244 valence electrons. The van der Waals surface area contributed by atoms with E-state index in [2.05, 4.69) is 30.2 Å². The highest BCUT2D eigenvalue weighted by atomic mass is 32.2. The molecule has 0 radical (unpaired) electrons. The van der Waals surface area contributed by atoms with E-state index < -0.39 is 16.1 Å². The maximum Gasteiger partial charge on any atom is 0.428 e. The Morgan fingerprint density at radius 3 is 2.48 bits per heavy atom. The van der Waals surface area contributed by atoms with E-state index >= 15 is 0 Å². The Bertz CT molecular complexity index is 1790. The third-order valence-electron chi connectivity index (χ3n) is 8.20. The molecular weight excluding hydrogens is 614 g/mol. The van der Waals surface area contributed by atoms with Crippen LogP contribution < -0.4 is 19.3 Å². The minimum absolute atomic E-state index is 0.0164. The molecule has 0 atom stereocenters. The van der Waals surface area contributed by atoms with E-state index in [1.54, 1.807) is 42.3 Å². The molecule has 2 fully saturated rings. The number of rotatable bonds is 9. The minimum atomic E-state index is -4.10. The first-order chi connectivity index (χ1) is 22.2. The number of sulfonamides is 1. The van der Waals surface area contributed by atoms with Crippen molar-refractivity contribution in [2.24, 2.45) is 7.05 Å². The van der Waals surface area contributed by atoms with Gasteiger partial charge < -0.3 is 29.0 Å². The average molecular weight is 652 g/mol. The number of carbonyl (C=O) groups is 1. The standard InChI is InChI=1S/C30H37N9O6S/c1-20-33-18-23(37(20)2)19-44-30(40)39(46(3,41)42)22-15-25-26(34-17-22)16-27(38-11-13-43-14-12-38)36-28(25)45-24-7-5-21(6-8-24)35-29-31-9-4-10-32-29/h4,9-10,15-18,21,24H,5-8,11-14,19H2,1-3H3,(H,31,32,35). The van der Waals surface area contributed by atoms with E-state index in [1.807, 2.05) is 13.0 Å². The summed E-state index contributed by atoms with van der Waals surface area (Å²) in [5.41, 5.74) is 1.19. The molecule has 0 aromatic carbocycles. The molecule has 46 heavy (non-hydrogen) atoms. The number of hydrogen-bond donors (Lipinski definition) is 1. The van der Waals surface area contributed by atoms with Crippen LogP contribution in [0.2, 0.25) is 0 Å². The van der Waals surface area contributed by atoms with E-state index in [9.17, 15) is 13.2 Å². The van der Waals surface area contributed by atoms with E-state index in [4.69, 9.17) is 19.2 Å². The summed E-state index contributed by atoms with van der Waals surface area (Å²) < 4.78 is 45.7. The zero-order valence-corrected chi connectivity index (χ0v) is 26.8. The Kier molecular flexibility index (Phi) is 9.17. The van der Waals surface area contributed by atoms with Crippen molar-refractivity contribution in [3.63, 3.8) is 0 Å². The Morgan fingerprint density at radius 1 is 1.07 bits per heavy atom. The topological polar surface area (TPSA) is 167 Å². The van der Waals surface area contributed by atoms with Gasteiger partial charge in [0.2, 0.25) is 21.9 Å². The molecular formula is C30H37N9O6S. The number of anilines is 3.